The molecule has 0 aliphatic heterocycles. The van der Waals surface area contributed by atoms with Crippen molar-refractivity contribution in [2.75, 3.05) is 12.8 Å². The molecule has 2 rings (SSSR count). The van der Waals surface area contributed by atoms with Gasteiger partial charge in [0.05, 0.1) is 5.75 Å². The highest BCUT2D eigenvalue weighted by Crippen LogP contribution is 2.14. The zero-order valence-electron chi connectivity index (χ0n) is 11.7. The van der Waals surface area contributed by atoms with E-state index in [0.29, 0.717) is 13.0 Å². The lowest BCUT2D eigenvalue weighted by Gasteiger charge is -2.17. The molecule has 0 spiro atoms. The first-order valence-electron chi connectivity index (χ1n) is 6.56. The number of aryl methyl sites for hydroxylation is 1. The van der Waals surface area contributed by atoms with Crippen LogP contribution in [-0.4, -0.2) is 30.5 Å². The Morgan fingerprint density at radius 2 is 2.00 bits per heavy atom. The summed E-state index contributed by atoms with van der Waals surface area (Å²) in [6.07, 6.45) is 2.10. The Kier molecular flexibility index (Phi) is 5.50. The van der Waals surface area contributed by atoms with Gasteiger partial charge in [-0.15, -0.1) is 0 Å². The molecule has 0 saturated heterocycles. The van der Waals surface area contributed by atoms with Gasteiger partial charge in [-0.1, -0.05) is 34.1 Å². The van der Waals surface area contributed by atoms with Crippen molar-refractivity contribution in [1.29, 1.82) is 0 Å². The van der Waals surface area contributed by atoms with Gasteiger partial charge in [0.1, 0.15) is 0 Å². The third-order valence-corrected chi connectivity index (χ3v) is 5.40. The number of sulfonamides is 1. The Morgan fingerprint density at radius 3 is 2.67 bits per heavy atom. The Hall–Kier alpha value is -1.24. The summed E-state index contributed by atoms with van der Waals surface area (Å²) in [5.74, 6) is 0.0640. The SMILES string of the molecule is CN(Cc1cccc(Br)c1)S(=O)(=O)CCc1ccccn1. The third kappa shape index (κ3) is 4.91. The van der Waals surface area contributed by atoms with Crippen molar-refractivity contribution >= 4 is 26.0 Å². The molecule has 1 heterocycles. The summed E-state index contributed by atoms with van der Waals surface area (Å²) in [5, 5.41) is 0. The first-order valence-corrected chi connectivity index (χ1v) is 8.96. The Balaban J connectivity index is 1.98. The van der Waals surface area contributed by atoms with Gasteiger partial charge in [0.2, 0.25) is 10.0 Å². The molecule has 0 atom stereocenters. The van der Waals surface area contributed by atoms with Crippen molar-refractivity contribution in [1.82, 2.24) is 9.29 Å². The first kappa shape index (κ1) is 16.1. The average Bonchev–Trinajstić information content (AvgIpc) is 2.46. The Morgan fingerprint density at radius 1 is 1.19 bits per heavy atom. The van der Waals surface area contributed by atoms with Crippen molar-refractivity contribution in [2.24, 2.45) is 0 Å². The van der Waals surface area contributed by atoms with Crippen LogP contribution in [0.4, 0.5) is 0 Å². The van der Waals surface area contributed by atoms with Gasteiger partial charge in [-0.25, -0.2) is 12.7 Å². The summed E-state index contributed by atoms with van der Waals surface area (Å²) in [6.45, 7) is 0.365. The predicted molar refractivity (Wildman–Crippen MR) is 87.3 cm³/mol. The molecule has 0 radical (unpaired) electrons. The van der Waals surface area contributed by atoms with Gasteiger partial charge in [0.25, 0.3) is 0 Å². The van der Waals surface area contributed by atoms with Crippen molar-refractivity contribution in [3.05, 3.63) is 64.4 Å². The topological polar surface area (TPSA) is 50.3 Å². The van der Waals surface area contributed by atoms with Gasteiger partial charge in [-0.3, -0.25) is 4.98 Å². The highest BCUT2D eigenvalue weighted by molar-refractivity contribution is 9.10. The molecule has 0 amide bonds. The minimum Gasteiger partial charge on any atom is -0.261 e. The van der Waals surface area contributed by atoms with Crippen LogP contribution in [0.15, 0.2) is 53.1 Å². The molecule has 0 fully saturated rings. The lowest BCUT2D eigenvalue weighted by molar-refractivity contribution is 0.466. The molecule has 1 aromatic carbocycles. The number of hydrogen-bond acceptors (Lipinski definition) is 3. The van der Waals surface area contributed by atoms with Gasteiger partial charge in [-0.2, -0.15) is 0 Å². The molecule has 1 aromatic heterocycles. The monoisotopic (exact) mass is 368 g/mol. The molecule has 0 saturated carbocycles. The number of halogens is 1. The number of benzene rings is 1. The van der Waals surface area contributed by atoms with E-state index in [0.717, 1.165) is 15.7 Å². The maximum absolute atomic E-state index is 12.3. The van der Waals surface area contributed by atoms with E-state index in [9.17, 15) is 8.42 Å². The molecule has 0 aliphatic carbocycles. The summed E-state index contributed by atoms with van der Waals surface area (Å²) in [4.78, 5) is 4.15. The van der Waals surface area contributed by atoms with Crippen LogP contribution in [0.2, 0.25) is 0 Å². The van der Waals surface area contributed by atoms with Gasteiger partial charge in [0, 0.05) is 36.4 Å². The molecule has 2 aromatic rings. The second-order valence-corrected chi connectivity index (χ2v) is 7.88. The molecular formula is C15H17BrN2O2S. The predicted octanol–water partition coefficient (Wildman–Crippen LogP) is 2.85. The minimum absolute atomic E-state index is 0.0640. The van der Waals surface area contributed by atoms with Crippen molar-refractivity contribution in [3.8, 4) is 0 Å². The molecule has 0 unspecified atom stereocenters. The maximum atomic E-state index is 12.3. The summed E-state index contributed by atoms with van der Waals surface area (Å²) < 4.78 is 26.9. The summed E-state index contributed by atoms with van der Waals surface area (Å²) in [6, 6.07) is 13.2. The van der Waals surface area contributed by atoms with E-state index in [1.54, 1.807) is 13.2 Å². The zero-order chi connectivity index (χ0) is 15.3. The molecule has 112 valence electrons. The highest BCUT2D eigenvalue weighted by atomic mass is 79.9. The summed E-state index contributed by atoms with van der Waals surface area (Å²) >= 11 is 3.39. The van der Waals surface area contributed by atoms with Crippen LogP contribution in [0.25, 0.3) is 0 Å². The quantitative estimate of drug-likeness (QED) is 0.787. The van der Waals surface area contributed by atoms with E-state index >= 15 is 0 Å². The molecule has 4 nitrogen and oxygen atoms in total. The standard InChI is InChI=1S/C15H17BrN2O2S/c1-18(12-13-5-4-6-14(16)11-13)21(19,20)10-8-15-7-2-3-9-17-15/h2-7,9,11H,8,10,12H2,1H3. The van der Waals surface area contributed by atoms with Crippen LogP contribution in [0, 0.1) is 0 Å². The van der Waals surface area contributed by atoms with Gasteiger partial charge in [0.15, 0.2) is 0 Å². The summed E-state index contributed by atoms with van der Waals surface area (Å²) in [7, 11) is -1.69. The number of nitrogens with zero attached hydrogens (tertiary/aromatic N) is 2. The number of hydrogen-bond donors (Lipinski definition) is 0. The Bertz CT molecular complexity index is 690. The largest absolute Gasteiger partial charge is 0.261 e. The molecular weight excluding hydrogens is 352 g/mol. The van der Waals surface area contributed by atoms with Crippen molar-refractivity contribution < 1.29 is 8.42 Å². The first-order chi connectivity index (χ1) is 9.97. The number of pyridine rings is 1. The normalized spacial score (nSPS) is 11.8. The fraction of sp³-hybridized carbons (Fsp3) is 0.267. The summed E-state index contributed by atoms with van der Waals surface area (Å²) in [5.41, 5.74) is 1.74. The molecule has 21 heavy (non-hydrogen) atoms. The van der Waals surface area contributed by atoms with Gasteiger partial charge >= 0.3 is 0 Å². The fourth-order valence-corrected chi connectivity index (χ4v) is 3.50. The lowest BCUT2D eigenvalue weighted by Crippen LogP contribution is -2.29. The lowest BCUT2D eigenvalue weighted by atomic mass is 10.2. The fourth-order valence-electron chi connectivity index (χ4n) is 1.93. The van der Waals surface area contributed by atoms with Crippen LogP contribution in [0.1, 0.15) is 11.3 Å². The average molecular weight is 369 g/mol. The Labute approximate surface area is 134 Å². The zero-order valence-corrected chi connectivity index (χ0v) is 14.1. The van der Waals surface area contributed by atoms with E-state index in [2.05, 4.69) is 20.9 Å². The van der Waals surface area contributed by atoms with Crippen LogP contribution in [0.5, 0.6) is 0 Å². The number of aromatic nitrogens is 1. The number of rotatable bonds is 6. The van der Waals surface area contributed by atoms with Crippen LogP contribution >= 0.6 is 15.9 Å². The smallest absolute Gasteiger partial charge is 0.214 e. The van der Waals surface area contributed by atoms with Gasteiger partial charge < -0.3 is 0 Å². The molecule has 0 aliphatic rings. The van der Waals surface area contributed by atoms with Crippen molar-refractivity contribution in [2.45, 2.75) is 13.0 Å². The highest BCUT2D eigenvalue weighted by Gasteiger charge is 2.18. The van der Waals surface area contributed by atoms with E-state index in [-0.39, 0.29) is 5.75 Å². The molecule has 6 heteroatoms. The van der Waals surface area contributed by atoms with Crippen LogP contribution in [-0.2, 0) is 23.0 Å². The van der Waals surface area contributed by atoms with Crippen LogP contribution in [0.3, 0.4) is 0 Å². The van der Waals surface area contributed by atoms with E-state index < -0.39 is 10.0 Å². The van der Waals surface area contributed by atoms with Crippen molar-refractivity contribution in [3.63, 3.8) is 0 Å². The second-order valence-electron chi connectivity index (χ2n) is 4.77. The van der Waals surface area contributed by atoms with Crippen LogP contribution < -0.4 is 0 Å². The maximum Gasteiger partial charge on any atom is 0.214 e. The van der Waals surface area contributed by atoms with E-state index in [1.807, 2.05) is 42.5 Å². The molecule has 0 bridgehead atoms. The molecule has 0 N–H and O–H groups in total. The van der Waals surface area contributed by atoms with E-state index in [1.165, 1.54) is 4.31 Å². The minimum atomic E-state index is -3.29. The van der Waals surface area contributed by atoms with Gasteiger partial charge in [-0.05, 0) is 29.8 Å². The third-order valence-electron chi connectivity index (χ3n) is 3.11. The van der Waals surface area contributed by atoms with E-state index in [4.69, 9.17) is 0 Å². The second kappa shape index (κ2) is 7.15.